The first-order valence-corrected chi connectivity index (χ1v) is 7.57. The summed E-state index contributed by atoms with van der Waals surface area (Å²) in [6.45, 7) is 6.38. The highest BCUT2D eigenvalue weighted by molar-refractivity contribution is 7.11. The van der Waals surface area contributed by atoms with Crippen molar-refractivity contribution in [1.29, 1.82) is 0 Å². The first-order valence-electron chi connectivity index (χ1n) is 6.75. The van der Waals surface area contributed by atoms with Crippen LogP contribution in [0.5, 0.6) is 5.75 Å². The Morgan fingerprint density at radius 3 is 2.55 bits per heavy atom. The number of aromatic nitrogens is 1. The Morgan fingerprint density at radius 2 is 2.00 bits per heavy atom. The SMILES string of the molecule is CNC(C)(Cc1ccccc1OC)c1nc(C)c(C)s1. The van der Waals surface area contributed by atoms with Gasteiger partial charge in [-0.15, -0.1) is 11.3 Å². The van der Waals surface area contributed by atoms with Crippen LogP contribution >= 0.6 is 11.3 Å². The van der Waals surface area contributed by atoms with Crippen LogP contribution in [-0.2, 0) is 12.0 Å². The molecule has 108 valence electrons. The zero-order valence-corrected chi connectivity index (χ0v) is 13.6. The van der Waals surface area contributed by atoms with Crippen LogP contribution in [0, 0.1) is 13.8 Å². The summed E-state index contributed by atoms with van der Waals surface area (Å²) < 4.78 is 5.46. The molecule has 0 aliphatic heterocycles. The van der Waals surface area contributed by atoms with E-state index in [-0.39, 0.29) is 5.54 Å². The zero-order chi connectivity index (χ0) is 14.8. The Hall–Kier alpha value is -1.39. The van der Waals surface area contributed by atoms with Gasteiger partial charge in [0.05, 0.1) is 18.3 Å². The minimum absolute atomic E-state index is 0.182. The van der Waals surface area contributed by atoms with Crippen molar-refractivity contribution in [3.05, 3.63) is 45.4 Å². The molecule has 2 rings (SSSR count). The van der Waals surface area contributed by atoms with Gasteiger partial charge in [0.25, 0.3) is 0 Å². The second-order valence-electron chi connectivity index (χ2n) is 5.23. The molecule has 0 aliphatic rings. The number of rotatable bonds is 5. The molecule has 1 unspecified atom stereocenters. The van der Waals surface area contributed by atoms with E-state index in [0.29, 0.717) is 0 Å². The summed E-state index contributed by atoms with van der Waals surface area (Å²) in [4.78, 5) is 6.00. The second kappa shape index (κ2) is 5.94. The van der Waals surface area contributed by atoms with E-state index >= 15 is 0 Å². The lowest BCUT2D eigenvalue weighted by atomic mass is 9.93. The van der Waals surface area contributed by atoms with Gasteiger partial charge >= 0.3 is 0 Å². The smallest absolute Gasteiger partial charge is 0.122 e. The molecule has 0 radical (unpaired) electrons. The van der Waals surface area contributed by atoms with Crippen molar-refractivity contribution in [2.24, 2.45) is 0 Å². The van der Waals surface area contributed by atoms with E-state index in [0.717, 1.165) is 22.9 Å². The number of thiazole rings is 1. The number of ether oxygens (including phenoxy) is 1. The number of hydrogen-bond acceptors (Lipinski definition) is 4. The fourth-order valence-electron chi connectivity index (χ4n) is 2.21. The van der Waals surface area contributed by atoms with Crippen LogP contribution in [0.1, 0.15) is 28.1 Å². The fraction of sp³-hybridized carbons (Fsp3) is 0.438. The largest absolute Gasteiger partial charge is 0.496 e. The minimum atomic E-state index is -0.182. The Balaban J connectivity index is 2.36. The number of hydrogen-bond donors (Lipinski definition) is 1. The Morgan fingerprint density at radius 1 is 1.30 bits per heavy atom. The van der Waals surface area contributed by atoms with E-state index in [2.05, 4.69) is 32.2 Å². The number of nitrogens with zero attached hydrogens (tertiary/aromatic N) is 1. The summed E-state index contributed by atoms with van der Waals surface area (Å²) in [7, 11) is 3.70. The molecule has 0 saturated carbocycles. The molecule has 0 amide bonds. The van der Waals surface area contributed by atoms with E-state index in [1.807, 2.05) is 25.2 Å². The molecule has 1 N–H and O–H groups in total. The van der Waals surface area contributed by atoms with E-state index in [4.69, 9.17) is 9.72 Å². The maximum atomic E-state index is 5.46. The van der Waals surface area contributed by atoms with Crippen molar-refractivity contribution in [2.75, 3.05) is 14.2 Å². The van der Waals surface area contributed by atoms with Crippen LogP contribution in [0.25, 0.3) is 0 Å². The maximum absolute atomic E-state index is 5.46. The third-order valence-electron chi connectivity index (χ3n) is 3.79. The normalized spacial score (nSPS) is 14.1. The summed E-state index contributed by atoms with van der Waals surface area (Å²) in [5.74, 6) is 0.930. The molecule has 4 heteroatoms. The molecule has 1 aromatic heterocycles. The molecule has 0 saturated heterocycles. The Labute approximate surface area is 125 Å². The van der Waals surface area contributed by atoms with E-state index in [1.54, 1.807) is 18.4 Å². The van der Waals surface area contributed by atoms with Crippen molar-refractivity contribution in [1.82, 2.24) is 10.3 Å². The van der Waals surface area contributed by atoms with Crippen LogP contribution < -0.4 is 10.1 Å². The first kappa shape index (κ1) is 15.0. The predicted octanol–water partition coefficient (Wildman–Crippen LogP) is 3.45. The average Bonchev–Trinajstić information content (AvgIpc) is 2.80. The van der Waals surface area contributed by atoms with Gasteiger partial charge in [-0.25, -0.2) is 4.98 Å². The van der Waals surface area contributed by atoms with Crippen LogP contribution in [0.4, 0.5) is 0 Å². The summed E-state index contributed by atoms with van der Waals surface area (Å²) >= 11 is 1.76. The molecule has 0 bridgehead atoms. The molecule has 20 heavy (non-hydrogen) atoms. The van der Waals surface area contributed by atoms with Crippen LogP contribution in [0.3, 0.4) is 0 Å². The van der Waals surface area contributed by atoms with Crippen molar-refractivity contribution in [3.63, 3.8) is 0 Å². The van der Waals surface area contributed by atoms with Gasteiger partial charge in [-0.1, -0.05) is 18.2 Å². The molecule has 3 nitrogen and oxygen atoms in total. The van der Waals surface area contributed by atoms with Gasteiger partial charge in [-0.2, -0.15) is 0 Å². The quantitative estimate of drug-likeness (QED) is 0.916. The predicted molar refractivity (Wildman–Crippen MR) is 84.7 cm³/mol. The molecule has 2 aromatic rings. The molecule has 0 spiro atoms. The van der Waals surface area contributed by atoms with Gasteiger partial charge in [0.15, 0.2) is 0 Å². The van der Waals surface area contributed by atoms with Crippen LogP contribution in [0.2, 0.25) is 0 Å². The highest BCUT2D eigenvalue weighted by Crippen LogP contribution is 2.32. The Kier molecular flexibility index (Phi) is 4.45. The maximum Gasteiger partial charge on any atom is 0.122 e. The van der Waals surface area contributed by atoms with Crippen LogP contribution in [-0.4, -0.2) is 19.1 Å². The zero-order valence-electron chi connectivity index (χ0n) is 12.8. The van der Waals surface area contributed by atoms with E-state index < -0.39 is 0 Å². The minimum Gasteiger partial charge on any atom is -0.496 e. The second-order valence-corrected chi connectivity index (χ2v) is 6.43. The lowest BCUT2D eigenvalue weighted by Crippen LogP contribution is -2.39. The van der Waals surface area contributed by atoms with Crippen molar-refractivity contribution >= 4 is 11.3 Å². The number of para-hydroxylation sites is 1. The highest BCUT2D eigenvalue weighted by atomic mass is 32.1. The number of aryl methyl sites for hydroxylation is 2. The van der Waals surface area contributed by atoms with Crippen molar-refractivity contribution in [2.45, 2.75) is 32.7 Å². The lowest BCUT2D eigenvalue weighted by molar-refractivity contribution is 0.372. The Bertz CT molecular complexity index is 574. The number of benzene rings is 1. The first-order chi connectivity index (χ1) is 9.50. The standard InChI is InChI=1S/C16H22N2OS/c1-11-12(2)20-15(18-11)16(3,17-4)10-13-8-6-7-9-14(13)19-5/h6-9,17H,10H2,1-5H3. The average molecular weight is 290 g/mol. The third-order valence-corrected chi connectivity index (χ3v) is 5.13. The summed E-state index contributed by atoms with van der Waals surface area (Å²) in [6, 6.07) is 8.16. The van der Waals surface area contributed by atoms with Gasteiger partial charge in [-0.3, -0.25) is 0 Å². The molecular formula is C16H22N2OS. The monoisotopic (exact) mass is 290 g/mol. The molecule has 1 atom stereocenters. The van der Waals surface area contributed by atoms with Gasteiger partial charge in [0, 0.05) is 11.3 Å². The van der Waals surface area contributed by atoms with E-state index in [9.17, 15) is 0 Å². The summed E-state index contributed by atoms with van der Waals surface area (Å²) in [5.41, 5.74) is 2.13. The van der Waals surface area contributed by atoms with Crippen molar-refractivity contribution in [3.8, 4) is 5.75 Å². The molecule has 0 aliphatic carbocycles. The third kappa shape index (κ3) is 2.86. The van der Waals surface area contributed by atoms with Gasteiger partial charge in [0.1, 0.15) is 10.8 Å². The number of likely N-dealkylation sites (N-methyl/N-ethyl adjacent to an activating group) is 1. The van der Waals surface area contributed by atoms with Crippen LogP contribution in [0.15, 0.2) is 24.3 Å². The number of methoxy groups -OCH3 is 1. The fourth-order valence-corrected chi connectivity index (χ4v) is 3.28. The highest BCUT2D eigenvalue weighted by Gasteiger charge is 2.30. The molecule has 1 aromatic carbocycles. The van der Waals surface area contributed by atoms with Crippen molar-refractivity contribution < 1.29 is 4.74 Å². The van der Waals surface area contributed by atoms with E-state index in [1.165, 1.54) is 10.4 Å². The van der Waals surface area contributed by atoms with Gasteiger partial charge < -0.3 is 10.1 Å². The molecular weight excluding hydrogens is 268 g/mol. The molecule has 0 fully saturated rings. The van der Waals surface area contributed by atoms with Gasteiger partial charge in [0.2, 0.25) is 0 Å². The summed E-state index contributed by atoms with van der Waals surface area (Å²) in [6.07, 6.45) is 0.847. The topological polar surface area (TPSA) is 34.1 Å². The molecule has 1 heterocycles. The lowest BCUT2D eigenvalue weighted by Gasteiger charge is -2.27. The summed E-state index contributed by atoms with van der Waals surface area (Å²) in [5, 5.41) is 4.55. The van der Waals surface area contributed by atoms with Gasteiger partial charge in [-0.05, 0) is 39.4 Å². The number of nitrogens with one attached hydrogen (secondary N) is 1.